The van der Waals surface area contributed by atoms with Crippen LogP contribution in [0.3, 0.4) is 0 Å². The summed E-state index contributed by atoms with van der Waals surface area (Å²) in [4.78, 5) is 19.4. The first kappa shape index (κ1) is 19.2. The topological polar surface area (TPSA) is 110 Å². The number of ether oxygens (including phenoxy) is 1. The second-order valence-corrected chi connectivity index (χ2v) is 8.47. The van der Waals surface area contributed by atoms with Crippen molar-refractivity contribution in [2.75, 3.05) is 13.1 Å². The highest BCUT2D eigenvalue weighted by atomic mass is 32.2. The number of carboxylic acid groups (broad SMARTS) is 1. The molecule has 0 amide bonds. The number of hydrogen-bond acceptors (Lipinski definition) is 6. The van der Waals surface area contributed by atoms with E-state index in [4.69, 9.17) is 9.84 Å². The minimum Gasteiger partial charge on any atom is -0.478 e. The molecule has 29 heavy (non-hydrogen) atoms. The molecule has 1 aromatic heterocycles. The van der Waals surface area contributed by atoms with Crippen molar-refractivity contribution >= 4 is 27.0 Å². The Hall–Kier alpha value is -3.11. The summed E-state index contributed by atoms with van der Waals surface area (Å²) in [5.74, 6) is -2.23. The van der Waals surface area contributed by atoms with Crippen LogP contribution in [0.2, 0.25) is 0 Å². The molecule has 2 aromatic carbocycles. The average molecular weight is 417 g/mol. The molecule has 1 saturated heterocycles. The predicted molar refractivity (Wildman–Crippen MR) is 101 cm³/mol. The molecule has 4 rings (SSSR count). The van der Waals surface area contributed by atoms with Crippen LogP contribution in [0, 0.1) is 5.82 Å². The fourth-order valence-corrected chi connectivity index (χ4v) is 4.67. The standard InChI is InChI=1S/C19H16FN3O5S/c20-15-6-5-13(9-14(15)19(24)25)29(26,27)23-8-7-12(11-23)28-18-10-21-16-3-1-2-4-17(16)22-18/h1-6,9-10,12H,7-8,11H2,(H,24,25). The second kappa shape index (κ2) is 7.37. The maximum Gasteiger partial charge on any atom is 0.338 e. The van der Waals surface area contributed by atoms with E-state index in [0.29, 0.717) is 17.8 Å². The molecule has 1 N–H and O–H groups in total. The number of fused-ring (bicyclic) bond motifs is 1. The van der Waals surface area contributed by atoms with Crippen molar-refractivity contribution in [3.05, 3.63) is 60.0 Å². The SMILES string of the molecule is O=C(O)c1cc(S(=O)(=O)N2CCC(Oc3cnc4ccccc4n3)C2)ccc1F. The smallest absolute Gasteiger partial charge is 0.338 e. The summed E-state index contributed by atoms with van der Waals surface area (Å²) in [6, 6.07) is 10.0. The van der Waals surface area contributed by atoms with Crippen LogP contribution >= 0.6 is 0 Å². The van der Waals surface area contributed by atoms with Gasteiger partial charge >= 0.3 is 5.97 Å². The van der Waals surface area contributed by atoms with Crippen LogP contribution in [0.5, 0.6) is 5.88 Å². The van der Waals surface area contributed by atoms with Crippen molar-refractivity contribution < 1.29 is 27.4 Å². The van der Waals surface area contributed by atoms with Crippen molar-refractivity contribution in [3.63, 3.8) is 0 Å². The Kier molecular flexibility index (Phi) is 4.89. The van der Waals surface area contributed by atoms with Crippen LogP contribution < -0.4 is 4.74 Å². The summed E-state index contributed by atoms with van der Waals surface area (Å²) in [6.45, 7) is 0.254. The van der Waals surface area contributed by atoms with Gasteiger partial charge in [-0.1, -0.05) is 12.1 Å². The molecule has 1 aliphatic heterocycles. The van der Waals surface area contributed by atoms with E-state index in [0.717, 1.165) is 23.7 Å². The molecule has 1 unspecified atom stereocenters. The van der Waals surface area contributed by atoms with Gasteiger partial charge in [0.1, 0.15) is 11.9 Å². The lowest BCUT2D eigenvalue weighted by atomic mass is 10.2. The van der Waals surface area contributed by atoms with Gasteiger partial charge in [-0.15, -0.1) is 0 Å². The Balaban J connectivity index is 1.51. The van der Waals surface area contributed by atoms with Gasteiger partial charge in [-0.05, 0) is 36.8 Å². The largest absolute Gasteiger partial charge is 0.478 e. The number of sulfonamides is 1. The lowest BCUT2D eigenvalue weighted by Crippen LogP contribution is -2.31. The van der Waals surface area contributed by atoms with E-state index in [1.807, 2.05) is 18.2 Å². The number of aromatic nitrogens is 2. The van der Waals surface area contributed by atoms with Gasteiger partial charge in [0, 0.05) is 6.54 Å². The molecular formula is C19H16FN3O5S. The summed E-state index contributed by atoms with van der Waals surface area (Å²) in [6.07, 6.45) is 1.49. The first-order valence-electron chi connectivity index (χ1n) is 8.76. The number of aromatic carboxylic acids is 1. The Bertz CT molecular complexity index is 1200. The number of halogens is 1. The minimum absolute atomic E-state index is 0.0661. The molecule has 0 radical (unpaired) electrons. The molecule has 0 saturated carbocycles. The third-order valence-electron chi connectivity index (χ3n) is 4.63. The monoisotopic (exact) mass is 417 g/mol. The molecule has 2 heterocycles. The van der Waals surface area contributed by atoms with Crippen molar-refractivity contribution in [1.82, 2.24) is 14.3 Å². The Morgan fingerprint density at radius 1 is 1.21 bits per heavy atom. The molecule has 10 heteroatoms. The Labute approximate surface area is 165 Å². The van der Waals surface area contributed by atoms with Crippen LogP contribution in [-0.2, 0) is 10.0 Å². The maximum atomic E-state index is 13.6. The summed E-state index contributed by atoms with van der Waals surface area (Å²) in [5, 5.41) is 9.02. The molecule has 1 atom stereocenters. The van der Waals surface area contributed by atoms with Crippen LogP contribution in [0.25, 0.3) is 11.0 Å². The van der Waals surface area contributed by atoms with E-state index in [-0.39, 0.29) is 18.0 Å². The summed E-state index contributed by atoms with van der Waals surface area (Å²) < 4.78 is 46.2. The van der Waals surface area contributed by atoms with Crippen LogP contribution in [-0.4, -0.2) is 53.0 Å². The Morgan fingerprint density at radius 2 is 1.97 bits per heavy atom. The highest BCUT2D eigenvalue weighted by Gasteiger charge is 2.34. The van der Waals surface area contributed by atoms with Gasteiger partial charge in [-0.3, -0.25) is 0 Å². The zero-order chi connectivity index (χ0) is 20.6. The first-order valence-corrected chi connectivity index (χ1v) is 10.2. The molecule has 3 aromatic rings. The maximum absolute atomic E-state index is 13.6. The van der Waals surface area contributed by atoms with Gasteiger partial charge in [-0.25, -0.2) is 27.6 Å². The first-order chi connectivity index (χ1) is 13.8. The van der Waals surface area contributed by atoms with Gasteiger partial charge in [0.2, 0.25) is 15.9 Å². The number of para-hydroxylation sites is 2. The molecule has 0 aliphatic carbocycles. The van der Waals surface area contributed by atoms with E-state index in [9.17, 15) is 17.6 Å². The van der Waals surface area contributed by atoms with Gasteiger partial charge in [-0.2, -0.15) is 4.31 Å². The second-order valence-electron chi connectivity index (χ2n) is 6.54. The van der Waals surface area contributed by atoms with Crippen LogP contribution in [0.4, 0.5) is 4.39 Å². The van der Waals surface area contributed by atoms with E-state index < -0.39 is 33.5 Å². The van der Waals surface area contributed by atoms with Crippen molar-refractivity contribution in [1.29, 1.82) is 0 Å². The third kappa shape index (κ3) is 3.76. The quantitative estimate of drug-likeness (QED) is 0.678. The molecule has 0 bridgehead atoms. The van der Waals surface area contributed by atoms with Crippen LogP contribution in [0.1, 0.15) is 16.8 Å². The molecule has 8 nitrogen and oxygen atoms in total. The number of benzene rings is 2. The lowest BCUT2D eigenvalue weighted by Gasteiger charge is -2.17. The zero-order valence-electron chi connectivity index (χ0n) is 15.0. The molecule has 150 valence electrons. The van der Waals surface area contributed by atoms with Crippen molar-refractivity contribution in [3.8, 4) is 5.88 Å². The van der Waals surface area contributed by atoms with Gasteiger partial charge in [0.05, 0.1) is 34.2 Å². The highest BCUT2D eigenvalue weighted by molar-refractivity contribution is 7.89. The number of hydrogen-bond donors (Lipinski definition) is 1. The summed E-state index contributed by atoms with van der Waals surface area (Å²) in [7, 11) is -3.98. The summed E-state index contributed by atoms with van der Waals surface area (Å²) in [5.41, 5.74) is 0.700. The van der Waals surface area contributed by atoms with Crippen LogP contribution in [0.15, 0.2) is 53.6 Å². The van der Waals surface area contributed by atoms with E-state index >= 15 is 0 Å². The number of carboxylic acids is 1. The molecule has 1 fully saturated rings. The Morgan fingerprint density at radius 3 is 2.72 bits per heavy atom. The lowest BCUT2D eigenvalue weighted by molar-refractivity contribution is 0.0691. The molecular weight excluding hydrogens is 401 g/mol. The van der Waals surface area contributed by atoms with E-state index in [1.54, 1.807) is 6.07 Å². The van der Waals surface area contributed by atoms with Crippen molar-refractivity contribution in [2.45, 2.75) is 17.4 Å². The average Bonchev–Trinajstić information content (AvgIpc) is 3.17. The number of rotatable bonds is 5. The van der Waals surface area contributed by atoms with Gasteiger partial charge < -0.3 is 9.84 Å². The highest BCUT2D eigenvalue weighted by Crippen LogP contribution is 2.25. The van der Waals surface area contributed by atoms with Gasteiger partial charge in [0.25, 0.3) is 0 Å². The predicted octanol–water partition coefficient (Wildman–Crippen LogP) is 2.31. The minimum atomic E-state index is -3.98. The summed E-state index contributed by atoms with van der Waals surface area (Å²) >= 11 is 0. The fraction of sp³-hybridized carbons (Fsp3) is 0.211. The number of carbonyl (C=O) groups is 1. The normalized spacial score (nSPS) is 17.5. The van der Waals surface area contributed by atoms with Crippen molar-refractivity contribution in [2.24, 2.45) is 0 Å². The molecule has 1 aliphatic rings. The number of nitrogens with zero attached hydrogens (tertiary/aromatic N) is 3. The van der Waals surface area contributed by atoms with Gasteiger partial charge in [0.15, 0.2) is 0 Å². The third-order valence-corrected chi connectivity index (χ3v) is 6.49. The fourth-order valence-electron chi connectivity index (χ4n) is 3.16. The molecule has 0 spiro atoms. The van der Waals surface area contributed by atoms with E-state index in [1.165, 1.54) is 10.5 Å². The zero-order valence-corrected chi connectivity index (χ0v) is 15.8. The van der Waals surface area contributed by atoms with E-state index in [2.05, 4.69) is 9.97 Å².